The Hall–Kier alpha value is -3.74. The molecule has 0 atom stereocenters. The first-order valence-corrected chi connectivity index (χ1v) is 7.99. The Balaban J connectivity index is 1.65. The first kappa shape index (κ1) is 15.8. The minimum atomic E-state index is -0.510. The highest BCUT2D eigenvalue weighted by atomic mass is 16.3. The number of hydrogen-bond acceptors (Lipinski definition) is 6. The van der Waals surface area contributed by atoms with Crippen molar-refractivity contribution in [3.05, 3.63) is 72.2 Å². The van der Waals surface area contributed by atoms with Gasteiger partial charge in [0.2, 0.25) is 17.7 Å². The van der Waals surface area contributed by atoms with Gasteiger partial charge in [-0.2, -0.15) is 4.98 Å². The number of aromatic nitrogens is 3. The molecule has 4 aromatic rings. The van der Waals surface area contributed by atoms with Gasteiger partial charge in [0.1, 0.15) is 12.6 Å². The molecule has 2 aromatic heterocycles. The zero-order chi connectivity index (χ0) is 17.9. The van der Waals surface area contributed by atoms with Gasteiger partial charge in [0.05, 0.1) is 5.56 Å². The minimum absolute atomic E-state index is 0.382. The van der Waals surface area contributed by atoms with Crippen LogP contribution in [0, 0.1) is 0 Å². The van der Waals surface area contributed by atoms with E-state index in [1.165, 1.54) is 12.6 Å². The van der Waals surface area contributed by atoms with Crippen LogP contribution in [0.25, 0.3) is 22.4 Å². The topological polar surface area (TPSA) is 107 Å². The van der Waals surface area contributed by atoms with Crippen molar-refractivity contribution < 1.29 is 9.21 Å². The number of benzene rings is 2. The van der Waals surface area contributed by atoms with E-state index in [1.807, 2.05) is 36.4 Å². The van der Waals surface area contributed by atoms with Crippen LogP contribution in [0.3, 0.4) is 0 Å². The molecule has 0 aliphatic heterocycles. The minimum Gasteiger partial charge on any atom is -0.460 e. The number of anilines is 1. The molecule has 0 aliphatic rings. The van der Waals surface area contributed by atoms with E-state index in [0.717, 1.165) is 10.9 Å². The van der Waals surface area contributed by atoms with Gasteiger partial charge < -0.3 is 15.5 Å². The predicted molar refractivity (Wildman–Crippen MR) is 97.3 cm³/mol. The number of carbonyl (C=O) groups excluding carboxylic acids is 1. The molecule has 4 rings (SSSR count). The number of nitrogens with one attached hydrogen (secondary N) is 1. The normalized spacial score (nSPS) is 10.8. The van der Waals surface area contributed by atoms with E-state index in [-0.39, 0.29) is 0 Å². The lowest BCUT2D eigenvalue weighted by atomic mass is 10.1. The highest BCUT2D eigenvalue weighted by Gasteiger charge is 2.16. The summed E-state index contributed by atoms with van der Waals surface area (Å²) in [4.78, 5) is 24.3. The van der Waals surface area contributed by atoms with Crippen molar-refractivity contribution in [3.63, 3.8) is 0 Å². The van der Waals surface area contributed by atoms with Crippen LogP contribution in [0.2, 0.25) is 0 Å². The third-order valence-electron chi connectivity index (χ3n) is 3.98. The molecule has 2 aromatic carbocycles. The van der Waals surface area contributed by atoms with Gasteiger partial charge in [-0.1, -0.05) is 42.5 Å². The Kier molecular flexibility index (Phi) is 4.03. The van der Waals surface area contributed by atoms with Gasteiger partial charge in [0, 0.05) is 17.3 Å². The molecule has 1 amide bonds. The Morgan fingerprint density at radius 2 is 1.88 bits per heavy atom. The van der Waals surface area contributed by atoms with Gasteiger partial charge in [0.25, 0.3) is 0 Å². The average molecular weight is 345 g/mol. The number of nitrogens with zero attached hydrogens (tertiary/aromatic N) is 3. The highest BCUT2D eigenvalue weighted by Crippen LogP contribution is 2.30. The molecule has 2 heterocycles. The molecule has 0 spiro atoms. The fraction of sp³-hybridized carbons (Fsp3) is 0.0526. The lowest BCUT2D eigenvalue weighted by Gasteiger charge is -2.05. The fourth-order valence-electron chi connectivity index (χ4n) is 2.73. The second kappa shape index (κ2) is 6.64. The van der Waals surface area contributed by atoms with Crippen LogP contribution in [-0.4, -0.2) is 20.9 Å². The van der Waals surface area contributed by atoms with Crippen LogP contribution in [0.15, 0.2) is 65.5 Å². The summed E-state index contributed by atoms with van der Waals surface area (Å²) in [5, 5.41) is 4.52. The second-order valence-corrected chi connectivity index (χ2v) is 5.67. The number of primary amides is 1. The van der Waals surface area contributed by atoms with E-state index in [9.17, 15) is 4.79 Å². The molecule has 0 saturated heterocycles. The number of carbonyl (C=O) groups is 1. The smallest absolute Gasteiger partial charge is 0.249 e. The summed E-state index contributed by atoms with van der Waals surface area (Å²) in [5.74, 6) is 0.777. The van der Waals surface area contributed by atoms with E-state index < -0.39 is 5.91 Å². The fourth-order valence-corrected chi connectivity index (χ4v) is 2.73. The Labute approximate surface area is 148 Å². The van der Waals surface area contributed by atoms with Crippen molar-refractivity contribution in [1.82, 2.24) is 15.0 Å². The van der Waals surface area contributed by atoms with E-state index in [4.69, 9.17) is 10.2 Å². The SMILES string of the molecule is NC(=O)c1cccc2c(-c3ncnc(NCc4ccccc4)n3)occ12. The number of rotatable bonds is 5. The maximum atomic E-state index is 11.6. The summed E-state index contributed by atoms with van der Waals surface area (Å²) in [5.41, 5.74) is 6.93. The molecule has 7 nitrogen and oxygen atoms in total. The molecule has 0 aliphatic carbocycles. The Morgan fingerprint density at radius 3 is 2.69 bits per heavy atom. The summed E-state index contributed by atoms with van der Waals surface area (Å²) < 4.78 is 5.62. The summed E-state index contributed by atoms with van der Waals surface area (Å²) in [6.45, 7) is 0.592. The van der Waals surface area contributed by atoms with Crippen molar-refractivity contribution >= 4 is 22.6 Å². The molecular formula is C19H15N5O2. The zero-order valence-electron chi connectivity index (χ0n) is 13.7. The number of amides is 1. The third kappa shape index (κ3) is 2.98. The molecule has 0 unspecified atom stereocenters. The lowest BCUT2D eigenvalue weighted by Crippen LogP contribution is -2.10. The molecule has 26 heavy (non-hydrogen) atoms. The van der Waals surface area contributed by atoms with Gasteiger partial charge in [-0.3, -0.25) is 4.79 Å². The van der Waals surface area contributed by atoms with E-state index in [1.54, 1.807) is 12.1 Å². The molecule has 0 fully saturated rings. The number of hydrogen-bond donors (Lipinski definition) is 2. The first-order valence-electron chi connectivity index (χ1n) is 7.99. The zero-order valence-corrected chi connectivity index (χ0v) is 13.7. The van der Waals surface area contributed by atoms with Crippen LogP contribution in [0.5, 0.6) is 0 Å². The van der Waals surface area contributed by atoms with E-state index >= 15 is 0 Å². The largest absolute Gasteiger partial charge is 0.460 e. The standard InChI is InChI=1S/C19H15N5O2/c20-17(25)14-8-4-7-13-15(14)10-26-16(13)18-22-11-23-19(24-18)21-9-12-5-2-1-3-6-12/h1-8,10-11H,9H2,(H2,20,25)(H,21,22,23,24). The van der Waals surface area contributed by atoms with Crippen molar-refractivity contribution in [2.45, 2.75) is 6.54 Å². The van der Waals surface area contributed by atoms with Crippen LogP contribution in [0.4, 0.5) is 5.95 Å². The predicted octanol–water partition coefficient (Wildman–Crippen LogP) is 3.00. The van der Waals surface area contributed by atoms with Crippen LogP contribution >= 0.6 is 0 Å². The summed E-state index contributed by atoms with van der Waals surface area (Å²) >= 11 is 0. The number of furan rings is 1. The molecule has 7 heteroatoms. The molecule has 0 bridgehead atoms. The lowest BCUT2D eigenvalue weighted by molar-refractivity contribution is 0.100. The summed E-state index contributed by atoms with van der Waals surface area (Å²) in [7, 11) is 0. The van der Waals surface area contributed by atoms with Gasteiger partial charge >= 0.3 is 0 Å². The Bertz CT molecular complexity index is 1080. The maximum Gasteiger partial charge on any atom is 0.249 e. The van der Waals surface area contributed by atoms with Crippen LogP contribution in [0.1, 0.15) is 15.9 Å². The summed E-state index contributed by atoms with van der Waals surface area (Å²) in [6, 6.07) is 15.2. The average Bonchev–Trinajstić information content (AvgIpc) is 3.11. The number of nitrogens with two attached hydrogens (primary N) is 1. The van der Waals surface area contributed by atoms with Gasteiger partial charge in [-0.15, -0.1) is 0 Å². The Morgan fingerprint density at radius 1 is 1.04 bits per heavy atom. The maximum absolute atomic E-state index is 11.6. The highest BCUT2D eigenvalue weighted by molar-refractivity contribution is 6.08. The van der Waals surface area contributed by atoms with Crippen molar-refractivity contribution in [2.24, 2.45) is 5.73 Å². The molecule has 0 radical (unpaired) electrons. The van der Waals surface area contributed by atoms with Crippen molar-refractivity contribution in [3.8, 4) is 11.6 Å². The second-order valence-electron chi connectivity index (χ2n) is 5.67. The van der Waals surface area contributed by atoms with E-state index in [0.29, 0.717) is 35.0 Å². The quantitative estimate of drug-likeness (QED) is 0.576. The number of fused-ring (bicyclic) bond motifs is 1. The van der Waals surface area contributed by atoms with Crippen molar-refractivity contribution in [1.29, 1.82) is 0 Å². The molecular weight excluding hydrogens is 330 g/mol. The van der Waals surface area contributed by atoms with Gasteiger partial charge in [0.15, 0.2) is 5.76 Å². The van der Waals surface area contributed by atoms with Gasteiger partial charge in [-0.25, -0.2) is 9.97 Å². The monoisotopic (exact) mass is 345 g/mol. The van der Waals surface area contributed by atoms with Crippen LogP contribution < -0.4 is 11.1 Å². The third-order valence-corrected chi connectivity index (χ3v) is 3.98. The summed E-state index contributed by atoms with van der Waals surface area (Å²) in [6.07, 6.45) is 2.91. The molecule has 128 valence electrons. The molecule has 0 saturated carbocycles. The first-order chi connectivity index (χ1) is 12.7. The van der Waals surface area contributed by atoms with Crippen LogP contribution in [-0.2, 0) is 6.54 Å². The van der Waals surface area contributed by atoms with E-state index in [2.05, 4.69) is 20.3 Å². The molecule has 3 N–H and O–H groups in total. The van der Waals surface area contributed by atoms with Crippen molar-refractivity contribution in [2.75, 3.05) is 5.32 Å². The van der Waals surface area contributed by atoms with Gasteiger partial charge in [-0.05, 0) is 11.6 Å².